The van der Waals surface area contributed by atoms with Crippen LogP contribution in [0.2, 0.25) is 0 Å². The van der Waals surface area contributed by atoms with E-state index in [0.717, 1.165) is 36.7 Å². The number of aldehydes is 1. The molecule has 0 bridgehead atoms. The molecule has 0 aromatic carbocycles. The van der Waals surface area contributed by atoms with Crippen molar-refractivity contribution < 1.29 is 4.79 Å². The van der Waals surface area contributed by atoms with Crippen molar-refractivity contribution in [3.8, 4) is 0 Å². The van der Waals surface area contributed by atoms with Gasteiger partial charge in [0.05, 0.1) is 5.56 Å². The zero-order valence-electron chi connectivity index (χ0n) is 10.3. The lowest BCUT2D eigenvalue weighted by atomic mass is 10.2. The molecule has 3 rings (SSSR count). The van der Waals surface area contributed by atoms with E-state index in [1.54, 1.807) is 0 Å². The summed E-state index contributed by atoms with van der Waals surface area (Å²) in [5.74, 6) is 1.05. The Morgan fingerprint density at radius 3 is 2.79 bits per heavy atom. The largest absolute Gasteiger partial charge is 0.306 e. The molecule has 1 aliphatic rings. The number of hydrogen-bond acceptors (Lipinski definition) is 6. The van der Waals surface area contributed by atoms with Gasteiger partial charge in [-0.05, 0) is 24.6 Å². The summed E-state index contributed by atoms with van der Waals surface area (Å²) >= 11 is 1.39. The van der Waals surface area contributed by atoms with Crippen molar-refractivity contribution >= 4 is 18.0 Å². The zero-order chi connectivity index (χ0) is 13.1. The lowest BCUT2D eigenvalue weighted by Crippen LogP contribution is -2.02. The Balaban J connectivity index is 1.82. The maximum absolute atomic E-state index is 10.6. The Bertz CT molecular complexity index is 580. The fourth-order valence-corrected chi connectivity index (χ4v) is 2.82. The van der Waals surface area contributed by atoms with Gasteiger partial charge in [-0.15, -0.1) is 10.2 Å². The van der Waals surface area contributed by atoms with Crippen LogP contribution in [0.3, 0.4) is 0 Å². The van der Waals surface area contributed by atoms with E-state index in [0.29, 0.717) is 10.7 Å². The van der Waals surface area contributed by atoms with Crippen molar-refractivity contribution in [2.75, 3.05) is 0 Å². The normalized spacial score (nSPS) is 14.7. The monoisotopic (exact) mass is 275 g/mol. The van der Waals surface area contributed by atoms with Crippen LogP contribution in [0.25, 0.3) is 0 Å². The van der Waals surface area contributed by atoms with Crippen LogP contribution in [-0.2, 0) is 13.0 Å². The third-order valence-corrected chi connectivity index (χ3v) is 3.92. The second-order valence-electron chi connectivity index (χ2n) is 4.38. The van der Waals surface area contributed by atoms with E-state index in [-0.39, 0.29) is 0 Å². The summed E-state index contributed by atoms with van der Waals surface area (Å²) in [6.07, 6.45) is 8.31. The van der Waals surface area contributed by atoms with Gasteiger partial charge in [0, 0.05) is 25.4 Å². The lowest BCUT2D eigenvalue weighted by Gasteiger charge is -2.05. The number of hydrogen-bond donors (Lipinski definition) is 0. The van der Waals surface area contributed by atoms with Crippen LogP contribution < -0.4 is 0 Å². The van der Waals surface area contributed by atoms with E-state index in [1.165, 1.54) is 37.0 Å². The first kappa shape index (κ1) is 12.3. The molecule has 1 aliphatic heterocycles. The Morgan fingerprint density at radius 2 is 2.00 bits per heavy atom. The molecule has 0 saturated carbocycles. The molecule has 3 heterocycles. The molecule has 98 valence electrons. The smallest absolute Gasteiger partial charge is 0.199 e. The molecule has 0 unspecified atom stereocenters. The predicted octanol–water partition coefficient (Wildman–Crippen LogP) is 1.76. The molecule has 0 amide bonds. The highest BCUT2D eigenvalue weighted by Crippen LogP contribution is 2.25. The van der Waals surface area contributed by atoms with Gasteiger partial charge in [0.15, 0.2) is 16.6 Å². The summed E-state index contributed by atoms with van der Waals surface area (Å²) in [5.41, 5.74) is 0.476. The van der Waals surface area contributed by atoms with Crippen LogP contribution >= 0.6 is 11.8 Å². The molecule has 7 heteroatoms. The topological polar surface area (TPSA) is 73.6 Å². The second kappa shape index (κ2) is 5.48. The molecule has 0 saturated heterocycles. The average Bonchev–Trinajstić information content (AvgIpc) is 2.68. The first-order valence-electron chi connectivity index (χ1n) is 6.24. The van der Waals surface area contributed by atoms with Gasteiger partial charge < -0.3 is 4.57 Å². The van der Waals surface area contributed by atoms with Gasteiger partial charge >= 0.3 is 0 Å². The zero-order valence-corrected chi connectivity index (χ0v) is 11.1. The Kier molecular flexibility index (Phi) is 3.54. The summed E-state index contributed by atoms with van der Waals surface area (Å²) in [5, 5.41) is 9.85. The Hall–Kier alpha value is -1.76. The molecule has 0 spiro atoms. The Labute approximate surface area is 114 Å². The van der Waals surface area contributed by atoms with Crippen molar-refractivity contribution in [3.63, 3.8) is 0 Å². The van der Waals surface area contributed by atoms with Crippen LogP contribution in [-0.4, -0.2) is 31.0 Å². The standard InChI is InChI=1S/C12H13N5OS/c18-8-9-6-13-11(14-7-9)19-12-16-15-10-4-2-1-3-5-17(10)12/h6-8H,1-5H2. The predicted molar refractivity (Wildman–Crippen MR) is 69.1 cm³/mol. The van der Waals surface area contributed by atoms with Crippen molar-refractivity contribution in [1.82, 2.24) is 24.7 Å². The molecular formula is C12H13N5OS. The number of rotatable bonds is 3. The van der Waals surface area contributed by atoms with Crippen LogP contribution in [0.5, 0.6) is 0 Å². The van der Waals surface area contributed by atoms with Crippen LogP contribution in [0.4, 0.5) is 0 Å². The average molecular weight is 275 g/mol. The highest BCUT2D eigenvalue weighted by atomic mass is 32.2. The summed E-state index contributed by atoms with van der Waals surface area (Å²) in [6, 6.07) is 0. The van der Waals surface area contributed by atoms with Gasteiger partial charge in [0.1, 0.15) is 5.82 Å². The minimum atomic E-state index is 0.476. The SMILES string of the molecule is O=Cc1cnc(Sc2nnc3n2CCCCC3)nc1. The molecule has 19 heavy (non-hydrogen) atoms. The molecule has 0 N–H and O–H groups in total. The number of carbonyl (C=O) groups excluding carboxylic acids is 1. The maximum atomic E-state index is 10.6. The van der Waals surface area contributed by atoms with E-state index in [2.05, 4.69) is 24.7 Å². The molecule has 0 aliphatic carbocycles. The highest BCUT2D eigenvalue weighted by molar-refractivity contribution is 7.99. The Morgan fingerprint density at radius 1 is 1.16 bits per heavy atom. The quantitative estimate of drug-likeness (QED) is 0.627. The minimum Gasteiger partial charge on any atom is -0.306 e. The molecule has 0 radical (unpaired) electrons. The van der Waals surface area contributed by atoms with Crippen molar-refractivity contribution in [3.05, 3.63) is 23.8 Å². The lowest BCUT2D eigenvalue weighted by molar-refractivity contribution is 0.112. The molecule has 2 aromatic heterocycles. The molecule has 2 aromatic rings. The number of carbonyl (C=O) groups is 1. The van der Waals surface area contributed by atoms with Crippen LogP contribution in [0.1, 0.15) is 35.4 Å². The second-order valence-corrected chi connectivity index (χ2v) is 5.31. The fourth-order valence-electron chi connectivity index (χ4n) is 2.06. The van der Waals surface area contributed by atoms with Gasteiger partial charge in [-0.3, -0.25) is 4.79 Å². The van der Waals surface area contributed by atoms with Crippen molar-refractivity contribution in [2.45, 2.75) is 42.5 Å². The maximum Gasteiger partial charge on any atom is 0.199 e. The van der Waals surface area contributed by atoms with Crippen LogP contribution in [0, 0.1) is 0 Å². The van der Waals surface area contributed by atoms with Crippen molar-refractivity contribution in [1.29, 1.82) is 0 Å². The summed E-state index contributed by atoms with van der Waals surface area (Å²) in [6.45, 7) is 0.955. The number of aromatic nitrogens is 5. The van der Waals surface area contributed by atoms with Crippen LogP contribution in [0.15, 0.2) is 22.7 Å². The van der Waals surface area contributed by atoms with Gasteiger partial charge in [0.25, 0.3) is 0 Å². The number of aryl methyl sites for hydroxylation is 1. The van der Waals surface area contributed by atoms with E-state index in [4.69, 9.17) is 0 Å². The minimum absolute atomic E-state index is 0.476. The fraction of sp³-hybridized carbons (Fsp3) is 0.417. The number of fused-ring (bicyclic) bond motifs is 1. The summed E-state index contributed by atoms with van der Waals surface area (Å²) < 4.78 is 2.15. The first-order chi connectivity index (χ1) is 9.36. The van der Waals surface area contributed by atoms with E-state index in [9.17, 15) is 4.79 Å². The van der Waals surface area contributed by atoms with Gasteiger partial charge in [-0.25, -0.2) is 9.97 Å². The third kappa shape index (κ3) is 2.65. The highest BCUT2D eigenvalue weighted by Gasteiger charge is 2.16. The molecule has 0 atom stereocenters. The van der Waals surface area contributed by atoms with E-state index >= 15 is 0 Å². The van der Waals surface area contributed by atoms with Gasteiger partial charge in [-0.2, -0.15) is 0 Å². The number of nitrogens with zero attached hydrogens (tertiary/aromatic N) is 5. The molecular weight excluding hydrogens is 262 g/mol. The summed E-state index contributed by atoms with van der Waals surface area (Å²) in [4.78, 5) is 18.8. The van der Waals surface area contributed by atoms with Gasteiger partial charge in [-0.1, -0.05) is 6.42 Å². The third-order valence-electron chi connectivity index (χ3n) is 3.04. The van der Waals surface area contributed by atoms with E-state index < -0.39 is 0 Å². The molecule has 0 fully saturated rings. The summed E-state index contributed by atoms with van der Waals surface area (Å²) in [7, 11) is 0. The van der Waals surface area contributed by atoms with Crippen molar-refractivity contribution in [2.24, 2.45) is 0 Å². The van der Waals surface area contributed by atoms with Gasteiger partial charge in [0.2, 0.25) is 0 Å². The van der Waals surface area contributed by atoms with E-state index in [1.807, 2.05) is 0 Å². The first-order valence-corrected chi connectivity index (χ1v) is 7.05. The molecule has 6 nitrogen and oxygen atoms in total.